The number of H-pyrrole nitrogens is 1. The topological polar surface area (TPSA) is 99.8 Å². The molecule has 28 heavy (non-hydrogen) atoms. The summed E-state index contributed by atoms with van der Waals surface area (Å²) in [5, 5.41) is 12.3. The van der Waals surface area contributed by atoms with Crippen LogP contribution in [-0.2, 0) is 16.0 Å². The lowest BCUT2D eigenvalue weighted by Crippen LogP contribution is -2.44. The van der Waals surface area contributed by atoms with Crippen LogP contribution < -0.4 is 10.6 Å². The van der Waals surface area contributed by atoms with E-state index in [1.165, 1.54) is 6.33 Å². The fraction of sp³-hybridized carbons (Fsp3) is 0.238. The Morgan fingerprint density at radius 1 is 1.07 bits per heavy atom. The number of benzene rings is 2. The first-order valence-corrected chi connectivity index (χ1v) is 9.25. The molecule has 0 radical (unpaired) electrons. The molecule has 1 heterocycles. The third-order valence-corrected chi connectivity index (χ3v) is 4.28. The van der Waals surface area contributed by atoms with Crippen LogP contribution in [0.4, 0.5) is 5.69 Å². The molecule has 0 spiro atoms. The molecule has 3 aromatic rings. The number of aromatic nitrogens is 3. The fourth-order valence-electron chi connectivity index (χ4n) is 2.87. The minimum atomic E-state index is -0.574. The van der Waals surface area contributed by atoms with Crippen LogP contribution in [0.1, 0.15) is 25.3 Å². The molecular weight excluding hydrogens is 354 g/mol. The first kappa shape index (κ1) is 19.3. The van der Waals surface area contributed by atoms with Gasteiger partial charge >= 0.3 is 0 Å². The first-order valence-electron chi connectivity index (χ1n) is 9.25. The Morgan fingerprint density at radius 3 is 2.46 bits per heavy atom. The molecule has 2 amide bonds. The van der Waals surface area contributed by atoms with Crippen molar-refractivity contribution in [3.63, 3.8) is 0 Å². The van der Waals surface area contributed by atoms with E-state index in [1.807, 2.05) is 49.4 Å². The molecule has 0 unspecified atom stereocenters. The number of rotatable bonds is 8. The second-order valence-corrected chi connectivity index (χ2v) is 6.47. The lowest BCUT2D eigenvalue weighted by atomic mass is 10.1. The SMILES string of the molecule is CCC[C@@H](NC(=O)Cc1ccccc1)C(=O)Nc1ccc(-c2ncn[nH]2)cc1. The summed E-state index contributed by atoms with van der Waals surface area (Å²) in [4.78, 5) is 29.1. The summed E-state index contributed by atoms with van der Waals surface area (Å²) >= 11 is 0. The van der Waals surface area contributed by atoms with Crippen LogP contribution in [0, 0.1) is 0 Å². The van der Waals surface area contributed by atoms with E-state index < -0.39 is 6.04 Å². The van der Waals surface area contributed by atoms with Gasteiger partial charge in [-0.25, -0.2) is 4.98 Å². The summed E-state index contributed by atoms with van der Waals surface area (Å²) in [5.74, 6) is 0.269. The molecule has 0 saturated carbocycles. The van der Waals surface area contributed by atoms with Gasteiger partial charge in [-0.1, -0.05) is 43.7 Å². The Hall–Kier alpha value is -3.48. The van der Waals surface area contributed by atoms with Gasteiger partial charge in [0.25, 0.3) is 0 Å². The molecule has 0 aliphatic carbocycles. The number of nitrogens with one attached hydrogen (secondary N) is 3. The summed E-state index contributed by atoms with van der Waals surface area (Å²) in [6, 6.07) is 16.2. The number of nitrogens with zero attached hydrogens (tertiary/aromatic N) is 2. The number of amides is 2. The van der Waals surface area contributed by atoms with Gasteiger partial charge in [0, 0.05) is 11.3 Å². The van der Waals surface area contributed by atoms with E-state index in [1.54, 1.807) is 12.1 Å². The molecule has 1 aromatic heterocycles. The summed E-state index contributed by atoms with van der Waals surface area (Å²) in [7, 11) is 0. The maximum Gasteiger partial charge on any atom is 0.246 e. The Balaban J connectivity index is 1.60. The average molecular weight is 377 g/mol. The van der Waals surface area contributed by atoms with Crippen LogP contribution in [0.25, 0.3) is 11.4 Å². The van der Waals surface area contributed by atoms with E-state index in [9.17, 15) is 9.59 Å². The van der Waals surface area contributed by atoms with Gasteiger partial charge < -0.3 is 10.6 Å². The van der Waals surface area contributed by atoms with Crippen molar-refractivity contribution in [2.24, 2.45) is 0 Å². The highest BCUT2D eigenvalue weighted by atomic mass is 16.2. The molecular formula is C21H23N5O2. The summed E-state index contributed by atoms with van der Waals surface area (Å²) in [6.07, 6.45) is 3.05. The quantitative estimate of drug-likeness (QED) is 0.562. The van der Waals surface area contributed by atoms with Crippen molar-refractivity contribution in [3.8, 4) is 11.4 Å². The van der Waals surface area contributed by atoms with Gasteiger partial charge in [-0.05, 0) is 36.2 Å². The largest absolute Gasteiger partial charge is 0.344 e. The van der Waals surface area contributed by atoms with E-state index in [2.05, 4.69) is 25.8 Å². The van der Waals surface area contributed by atoms with Crippen molar-refractivity contribution in [2.75, 3.05) is 5.32 Å². The van der Waals surface area contributed by atoms with Crippen molar-refractivity contribution >= 4 is 17.5 Å². The Bertz CT molecular complexity index is 892. The maximum absolute atomic E-state index is 12.6. The zero-order chi connectivity index (χ0) is 19.8. The highest BCUT2D eigenvalue weighted by Crippen LogP contribution is 2.17. The Morgan fingerprint density at radius 2 is 1.82 bits per heavy atom. The number of carbonyl (C=O) groups excluding carboxylic acids is 2. The Labute approximate surface area is 163 Å². The number of anilines is 1. The standard InChI is InChI=1S/C21H23N5O2/c1-2-6-18(25-19(27)13-15-7-4-3-5-8-15)21(28)24-17-11-9-16(10-12-17)20-22-14-23-26-20/h3-5,7-12,14,18H,2,6,13H2,1H3,(H,24,28)(H,25,27)(H,22,23,26)/t18-/m1/s1. The van der Waals surface area contributed by atoms with E-state index >= 15 is 0 Å². The molecule has 0 aliphatic heterocycles. The van der Waals surface area contributed by atoms with Crippen LogP contribution in [0.5, 0.6) is 0 Å². The predicted octanol–water partition coefficient (Wildman–Crippen LogP) is 2.94. The van der Waals surface area contributed by atoms with Crippen molar-refractivity contribution < 1.29 is 9.59 Å². The fourth-order valence-corrected chi connectivity index (χ4v) is 2.87. The van der Waals surface area contributed by atoms with Crippen molar-refractivity contribution in [3.05, 3.63) is 66.5 Å². The summed E-state index contributed by atoms with van der Waals surface area (Å²) in [5.41, 5.74) is 2.45. The molecule has 0 saturated heterocycles. The lowest BCUT2D eigenvalue weighted by Gasteiger charge is -2.18. The molecule has 0 bridgehead atoms. The van der Waals surface area contributed by atoms with Crippen molar-refractivity contribution in [1.82, 2.24) is 20.5 Å². The molecule has 2 aromatic carbocycles. The van der Waals surface area contributed by atoms with Gasteiger partial charge in [-0.15, -0.1) is 0 Å². The summed E-state index contributed by atoms with van der Waals surface area (Å²) < 4.78 is 0. The van der Waals surface area contributed by atoms with Gasteiger partial charge in [-0.2, -0.15) is 5.10 Å². The minimum absolute atomic E-state index is 0.166. The number of hydrogen-bond acceptors (Lipinski definition) is 4. The van der Waals surface area contributed by atoms with Gasteiger partial charge in [0.1, 0.15) is 12.4 Å². The van der Waals surface area contributed by atoms with Crippen molar-refractivity contribution in [2.45, 2.75) is 32.2 Å². The predicted molar refractivity (Wildman–Crippen MR) is 107 cm³/mol. The van der Waals surface area contributed by atoms with Gasteiger partial charge in [0.15, 0.2) is 5.82 Å². The second-order valence-electron chi connectivity index (χ2n) is 6.47. The third kappa shape index (κ3) is 5.26. The molecule has 7 heteroatoms. The average Bonchev–Trinajstić information content (AvgIpc) is 3.24. The number of aromatic amines is 1. The van der Waals surface area contributed by atoms with Crippen molar-refractivity contribution in [1.29, 1.82) is 0 Å². The molecule has 3 rings (SSSR count). The Kier molecular flexibility index (Phi) is 6.51. The van der Waals surface area contributed by atoms with Crippen LogP contribution >= 0.6 is 0 Å². The minimum Gasteiger partial charge on any atom is -0.344 e. The molecule has 3 N–H and O–H groups in total. The molecule has 144 valence electrons. The first-order chi connectivity index (χ1) is 13.7. The lowest BCUT2D eigenvalue weighted by molar-refractivity contribution is -0.126. The van der Waals surface area contributed by atoms with Crippen LogP contribution in [-0.4, -0.2) is 33.0 Å². The third-order valence-electron chi connectivity index (χ3n) is 4.28. The summed E-state index contributed by atoms with van der Waals surface area (Å²) in [6.45, 7) is 1.98. The molecule has 1 atom stereocenters. The van der Waals surface area contributed by atoms with Crippen LogP contribution in [0.15, 0.2) is 60.9 Å². The van der Waals surface area contributed by atoms with E-state index in [0.29, 0.717) is 17.9 Å². The highest BCUT2D eigenvalue weighted by Gasteiger charge is 2.20. The molecule has 7 nitrogen and oxygen atoms in total. The van der Waals surface area contributed by atoms with E-state index in [-0.39, 0.29) is 18.2 Å². The normalized spacial score (nSPS) is 11.6. The number of hydrogen-bond donors (Lipinski definition) is 3. The zero-order valence-corrected chi connectivity index (χ0v) is 15.7. The van der Waals surface area contributed by atoms with E-state index in [0.717, 1.165) is 17.5 Å². The smallest absolute Gasteiger partial charge is 0.246 e. The zero-order valence-electron chi connectivity index (χ0n) is 15.7. The second kappa shape index (κ2) is 9.45. The molecule has 0 aliphatic rings. The van der Waals surface area contributed by atoms with Crippen LogP contribution in [0.3, 0.4) is 0 Å². The van der Waals surface area contributed by atoms with E-state index in [4.69, 9.17) is 0 Å². The van der Waals surface area contributed by atoms with Gasteiger partial charge in [0.2, 0.25) is 11.8 Å². The van der Waals surface area contributed by atoms with Gasteiger partial charge in [-0.3, -0.25) is 14.7 Å². The van der Waals surface area contributed by atoms with Gasteiger partial charge in [0.05, 0.1) is 6.42 Å². The highest BCUT2D eigenvalue weighted by molar-refractivity contribution is 5.97. The maximum atomic E-state index is 12.6. The number of carbonyl (C=O) groups is 2. The monoisotopic (exact) mass is 377 g/mol. The molecule has 0 fully saturated rings. The van der Waals surface area contributed by atoms with Crippen LogP contribution in [0.2, 0.25) is 0 Å².